The number of rotatable bonds is 4. The normalized spacial score (nSPS) is 11.9. The van der Waals surface area contributed by atoms with Gasteiger partial charge in [-0.25, -0.2) is 4.98 Å². The first-order valence-electron chi connectivity index (χ1n) is 7.64. The van der Waals surface area contributed by atoms with Gasteiger partial charge in [0.2, 0.25) is 0 Å². The van der Waals surface area contributed by atoms with Crippen molar-refractivity contribution in [1.82, 2.24) is 14.8 Å². The van der Waals surface area contributed by atoms with Gasteiger partial charge in [0.25, 0.3) is 0 Å². The van der Waals surface area contributed by atoms with Gasteiger partial charge >= 0.3 is 0 Å². The van der Waals surface area contributed by atoms with E-state index in [2.05, 4.69) is 80.5 Å². The zero-order valence-corrected chi connectivity index (χ0v) is 13.8. The van der Waals surface area contributed by atoms with E-state index in [0.29, 0.717) is 0 Å². The molecule has 0 amide bonds. The molecule has 114 valence electrons. The molecule has 0 aliphatic heterocycles. The van der Waals surface area contributed by atoms with Crippen molar-refractivity contribution in [1.29, 1.82) is 0 Å². The molecule has 0 aliphatic rings. The van der Waals surface area contributed by atoms with Gasteiger partial charge in [-0.3, -0.25) is 0 Å². The maximum absolute atomic E-state index is 5.03. The largest absolute Gasteiger partial charge is 0.305 e. The van der Waals surface area contributed by atoms with Gasteiger partial charge in [-0.15, -0.1) is 0 Å². The number of hydrogen-bond acceptors (Lipinski definition) is 3. The van der Waals surface area contributed by atoms with Gasteiger partial charge in [0, 0.05) is 23.9 Å². The van der Waals surface area contributed by atoms with Gasteiger partial charge in [-0.1, -0.05) is 36.4 Å². The molecule has 3 heteroatoms. The number of hydrogen-bond donors (Lipinski definition) is 0. The van der Waals surface area contributed by atoms with Gasteiger partial charge in [0.05, 0.1) is 11.0 Å². The van der Waals surface area contributed by atoms with Crippen molar-refractivity contribution in [2.45, 2.75) is 13.1 Å². The monoisotopic (exact) mass is 293 g/mol. The summed E-state index contributed by atoms with van der Waals surface area (Å²) >= 11 is 0. The van der Waals surface area contributed by atoms with Crippen LogP contribution in [-0.2, 0) is 13.1 Å². The zero-order valence-electron chi connectivity index (χ0n) is 13.8. The van der Waals surface area contributed by atoms with E-state index in [1.807, 2.05) is 0 Å². The van der Waals surface area contributed by atoms with Crippen LogP contribution in [-0.4, -0.2) is 43.0 Å². The predicted octanol–water partition coefficient (Wildman–Crippen LogP) is 3.51. The molecule has 0 N–H and O–H groups in total. The van der Waals surface area contributed by atoms with E-state index < -0.39 is 0 Å². The molecule has 22 heavy (non-hydrogen) atoms. The van der Waals surface area contributed by atoms with E-state index in [4.69, 9.17) is 4.98 Å². The average Bonchev–Trinajstić information content (AvgIpc) is 2.45. The summed E-state index contributed by atoms with van der Waals surface area (Å²) in [5.41, 5.74) is 4.80. The lowest BCUT2D eigenvalue weighted by atomic mass is 10.0. The topological polar surface area (TPSA) is 19.4 Å². The Balaban J connectivity index is 2.24. The van der Waals surface area contributed by atoms with Crippen LogP contribution in [0.2, 0.25) is 0 Å². The van der Waals surface area contributed by atoms with Crippen LogP contribution in [0.15, 0.2) is 42.5 Å². The first-order chi connectivity index (χ1) is 10.5. The van der Waals surface area contributed by atoms with E-state index in [1.165, 1.54) is 21.9 Å². The predicted molar refractivity (Wildman–Crippen MR) is 94.0 cm³/mol. The highest BCUT2D eigenvalue weighted by Crippen LogP contribution is 2.25. The zero-order chi connectivity index (χ0) is 15.7. The molecule has 2 aromatic carbocycles. The van der Waals surface area contributed by atoms with Gasteiger partial charge in [0.1, 0.15) is 0 Å². The fraction of sp³-hybridized carbons (Fsp3) is 0.316. The molecule has 0 radical (unpaired) electrons. The molecule has 0 atom stereocenters. The fourth-order valence-electron chi connectivity index (χ4n) is 2.94. The second kappa shape index (κ2) is 6.03. The molecule has 3 nitrogen and oxygen atoms in total. The highest BCUT2D eigenvalue weighted by molar-refractivity contribution is 5.95. The fourth-order valence-corrected chi connectivity index (χ4v) is 2.94. The molecule has 0 unspecified atom stereocenters. The summed E-state index contributed by atoms with van der Waals surface area (Å²) in [6.07, 6.45) is 0. The number of aromatic nitrogens is 1. The Morgan fingerprint density at radius 3 is 1.59 bits per heavy atom. The minimum Gasteiger partial charge on any atom is -0.305 e. The molecule has 0 saturated heterocycles. The molecular weight excluding hydrogens is 270 g/mol. The van der Waals surface area contributed by atoms with Gasteiger partial charge in [-0.05, 0) is 45.4 Å². The van der Waals surface area contributed by atoms with Crippen molar-refractivity contribution < 1.29 is 0 Å². The molecule has 3 rings (SSSR count). The molecule has 0 spiro atoms. The van der Waals surface area contributed by atoms with Crippen LogP contribution in [0.25, 0.3) is 21.8 Å². The lowest BCUT2D eigenvalue weighted by molar-refractivity contribution is 0.403. The lowest BCUT2D eigenvalue weighted by Crippen LogP contribution is -2.12. The standard InChI is InChI=1S/C19H23N3/c1-21(2)12-16-9-5-7-14-11-15-8-6-10-17(13-22(3)4)19(15)20-18(14)16/h5-11H,12-13H2,1-4H3. The molecule has 1 aromatic heterocycles. The Kier molecular flexibility index (Phi) is 4.10. The van der Waals surface area contributed by atoms with Crippen molar-refractivity contribution in [2.75, 3.05) is 28.2 Å². The second-order valence-electron chi connectivity index (χ2n) is 6.44. The van der Waals surface area contributed by atoms with Crippen LogP contribution in [0, 0.1) is 0 Å². The van der Waals surface area contributed by atoms with Crippen LogP contribution in [0.3, 0.4) is 0 Å². The third-order valence-electron chi connectivity index (χ3n) is 3.81. The van der Waals surface area contributed by atoms with E-state index in [9.17, 15) is 0 Å². The summed E-state index contributed by atoms with van der Waals surface area (Å²) < 4.78 is 0. The first kappa shape index (κ1) is 14.9. The minimum atomic E-state index is 0.908. The van der Waals surface area contributed by atoms with Crippen molar-refractivity contribution >= 4 is 21.8 Å². The van der Waals surface area contributed by atoms with E-state index >= 15 is 0 Å². The summed E-state index contributed by atoms with van der Waals surface area (Å²) in [5.74, 6) is 0. The number of para-hydroxylation sites is 2. The summed E-state index contributed by atoms with van der Waals surface area (Å²) in [7, 11) is 8.38. The Bertz CT molecular complexity index is 741. The van der Waals surface area contributed by atoms with Gasteiger partial charge in [0.15, 0.2) is 0 Å². The van der Waals surface area contributed by atoms with Crippen LogP contribution < -0.4 is 0 Å². The highest BCUT2D eigenvalue weighted by Gasteiger charge is 2.09. The average molecular weight is 293 g/mol. The van der Waals surface area contributed by atoms with E-state index in [-0.39, 0.29) is 0 Å². The summed E-state index contributed by atoms with van der Waals surface area (Å²) in [6, 6.07) is 15.2. The third-order valence-corrected chi connectivity index (χ3v) is 3.81. The number of nitrogens with zero attached hydrogens (tertiary/aromatic N) is 3. The molecule has 0 fully saturated rings. The number of benzene rings is 2. The van der Waals surface area contributed by atoms with Crippen molar-refractivity contribution in [3.8, 4) is 0 Å². The summed E-state index contributed by atoms with van der Waals surface area (Å²) in [4.78, 5) is 9.40. The Morgan fingerprint density at radius 1 is 0.727 bits per heavy atom. The Morgan fingerprint density at radius 2 is 1.18 bits per heavy atom. The summed E-state index contributed by atoms with van der Waals surface area (Å²) in [6.45, 7) is 1.82. The smallest absolute Gasteiger partial charge is 0.0754 e. The van der Waals surface area contributed by atoms with E-state index in [0.717, 1.165) is 24.1 Å². The Labute approximate surface area is 132 Å². The van der Waals surface area contributed by atoms with Gasteiger partial charge < -0.3 is 9.80 Å². The highest BCUT2D eigenvalue weighted by atomic mass is 15.1. The minimum absolute atomic E-state index is 0.908. The molecule has 1 heterocycles. The lowest BCUT2D eigenvalue weighted by Gasteiger charge is -2.15. The summed E-state index contributed by atoms with van der Waals surface area (Å²) in [5, 5.41) is 2.43. The third kappa shape index (κ3) is 2.96. The quantitative estimate of drug-likeness (QED) is 0.686. The molecule has 3 aromatic rings. The van der Waals surface area contributed by atoms with Crippen LogP contribution >= 0.6 is 0 Å². The number of fused-ring (bicyclic) bond motifs is 2. The van der Waals surface area contributed by atoms with Crippen LogP contribution in [0.1, 0.15) is 11.1 Å². The molecular formula is C19H23N3. The maximum Gasteiger partial charge on any atom is 0.0754 e. The van der Waals surface area contributed by atoms with Crippen molar-refractivity contribution in [2.24, 2.45) is 0 Å². The molecule has 0 aliphatic carbocycles. The first-order valence-corrected chi connectivity index (χ1v) is 7.64. The van der Waals surface area contributed by atoms with Crippen LogP contribution in [0.5, 0.6) is 0 Å². The van der Waals surface area contributed by atoms with Crippen LogP contribution in [0.4, 0.5) is 0 Å². The van der Waals surface area contributed by atoms with Gasteiger partial charge in [-0.2, -0.15) is 0 Å². The Hall–Kier alpha value is -1.97. The SMILES string of the molecule is CN(C)Cc1cccc2cc3cccc(CN(C)C)c3nc12. The van der Waals surface area contributed by atoms with Crippen molar-refractivity contribution in [3.63, 3.8) is 0 Å². The maximum atomic E-state index is 5.03. The molecule has 0 bridgehead atoms. The second-order valence-corrected chi connectivity index (χ2v) is 6.44. The number of pyridine rings is 1. The van der Waals surface area contributed by atoms with E-state index in [1.54, 1.807) is 0 Å². The molecule has 0 saturated carbocycles. The van der Waals surface area contributed by atoms with Crippen molar-refractivity contribution in [3.05, 3.63) is 53.6 Å².